The average Bonchev–Trinajstić information content (AvgIpc) is 2.52. The van der Waals surface area contributed by atoms with Gasteiger partial charge in [-0.05, 0) is 11.1 Å². The highest BCUT2D eigenvalue weighted by atomic mass is 16.4. The molecule has 114 valence electrons. The third-order valence-electron chi connectivity index (χ3n) is 3.58. The van der Waals surface area contributed by atoms with Crippen LogP contribution in [0.1, 0.15) is 5.56 Å². The van der Waals surface area contributed by atoms with E-state index in [9.17, 15) is 15.3 Å². The summed E-state index contributed by atoms with van der Waals surface area (Å²) in [6.07, 6.45) is 1.80. The molecule has 0 saturated heterocycles. The van der Waals surface area contributed by atoms with Crippen molar-refractivity contribution in [3.05, 3.63) is 53.6 Å². The van der Waals surface area contributed by atoms with Gasteiger partial charge in [0.2, 0.25) is 0 Å². The minimum absolute atomic E-state index is 0.317. The van der Waals surface area contributed by atoms with Gasteiger partial charge in [0.05, 0.1) is 12.6 Å². The molecule has 0 aliphatic heterocycles. The van der Waals surface area contributed by atoms with E-state index >= 15 is 0 Å². The predicted molar refractivity (Wildman–Crippen MR) is 80.5 cm³/mol. The first-order valence-corrected chi connectivity index (χ1v) is 6.94. The molecule has 0 heterocycles. The van der Waals surface area contributed by atoms with Crippen LogP contribution in [0.25, 0.3) is 6.08 Å². The molecule has 0 aromatic heterocycles. The highest BCUT2D eigenvalue weighted by Gasteiger charge is 2.36. The lowest BCUT2D eigenvalue weighted by atomic mass is 9.88. The number of hydrogen-bond donors (Lipinski definition) is 5. The smallest absolute Gasteiger partial charge is 0.111 e. The lowest BCUT2D eigenvalue weighted by Gasteiger charge is -2.34. The molecule has 1 aliphatic carbocycles. The highest BCUT2D eigenvalue weighted by molar-refractivity contribution is 5.48. The number of aliphatic hydroxyl groups is 4. The molecule has 0 amide bonds. The van der Waals surface area contributed by atoms with Crippen LogP contribution in [-0.2, 0) is 0 Å². The van der Waals surface area contributed by atoms with Gasteiger partial charge in [0, 0.05) is 6.54 Å². The van der Waals surface area contributed by atoms with E-state index < -0.39 is 24.4 Å². The second-order valence-corrected chi connectivity index (χ2v) is 5.07. The fraction of sp³-hybridized carbons (Fsp3) is 0.375. The summed E-state index contributed by atoms with van der Waals surface area (Å²) in [6.45, 7) is 0.150. The lowest BCUT2D eigenvalue weighted by Crippen LogP contribution is -2.54. The van der Waals surface area contributed by atoms with Crippen LogP contribution in [0.2, 0.25) is 0 Å². The SMILES string of the molecule is OCC1=C[C@H](NC/C=C/c2ccccc2)[C@H](O)C(O)[C@@H]1O. The van der Waals surface area contributed by atoms with E-state index in [0.717, 1.165) is 5.56 Å². The molecule has 0 radical (unpaired) electrons. The van der Waals surface area contributed by atoms with Crippen LogP contribution in [0.5, 0.6) is 0 Å². The predicted octanol–water partition coefficient (Wildman–Crippen LogP) is -0.327. The van der Waals surface area contributed by atoms with Gasteiger partial charge >= 0.3 is 0 Å². The third-order valence-corrected chi connectivity index (χ3v) is 3.58. The number of nitrogens with one attached hydrogen (secondary N) is 1. The Hall–Kier alpha value is -1.50. The monoisotopic (exact) mass is 291 g/mol. The fourth-order valence-electron chi connectivity index (χ4n) is 2.34. The Morgan fingerprint density at radius 1 is 1.05 bits per heavy atom. The summed E-state index contributed by atoms with van der Waals surface area (Å²) in [4.78, 5) is 0. The number of hydrogen-bond acceptors (Lipinski definition) is 5. The maximum absolute atomic E-state index is 9.91. The van der Waals surface area contributed by atoms with Crippen LogP contribution in [0.15, 0.2) is 48.1 Å². The lowest BCUT2D eigenvalue weighted by molar-refractivity contribution is -0.0637. The third kappa shape index (κ3) is 4.00. The first kappa shape index (κ1) is 15.9. The van der Waals surface area contributed by atoms with Crippen molar-refractivity contribution in [3.63, 3.8) is 0 Å². The van der Waals surface area contributed by atoms with Crippen LogP contribution < -0.4 is 5.32 Å². The summed E-state index contributed by atoms with van der Waals surface area (Å²) in [5, 5.41) is 41.5. The van der Waals surface area contributed by atoms with Crippen molar-refractivity contribution < 1.29 is 20.4 Å². The quantitative estimate of drug-likeness (QED) is 0.479. The minimum Gasteiger partial charge on any atom is -0.392 e. The van der Waals surface area contributed by atoms with Gasteiger partial charge in [-0.1, -0.05) is 48.6 Å². The van der Waals surface area contributed by atoms with Crippen molar-refractivity contribution >= 4 is 6.08 Å². The fourth-order valence-corrected chi connectivity index (χ4v) is 2.34. The largest absolute Gasteiger partial charge is 0.392 e. The van der Waals surface area contributed by atoms with Crippen LogP contribution in [0, 0.1) is 0 Å². The average molecular weight is 291 g/mol. The Morgan fingerprint density at radius 3 is 2.43 bits per heavy atom. The van der Waals surface area contributed by atoms with Crippen LogP contribution in [-0.4, -0.2) is 57.9 Å². The van der Waals surface area contributed by atoms with E-state index in [1.54, 1.807) is 6.08 Å². The molecule has 5 N–H and O–H groups in total. The molecular weight excluding hydrogens is 270 g/mol. The summed E-state index contributed by atoms with van der Waals surface area (Å²) in [5.74, 6) is 0. The van der Waals surface area contributed by atoms with Gasteiger partial charge in [0.25, 0.3) is 0 Å². The standard InChI is InChI=1S/C16H21NO4/c18-10-12-9-13(15(20)16(21)14(12)19)17-8-4-7-11-5-2-1-3-6-11/h1-7,9,13-21H,8,10H2/b7-4+/t13-,14+,15-,16?/m0/s1. The summed E-state index contributed by atoms with van der Waals surface area (Å²) in [7, 11) is 0. The molecule has 0 spiro atoms. The number of benzene rings is 1. The number of aliphatic hydroxyl groups excluding tert-OH is 4. The van der Waals surface area contributed by atoms with Crippen molar-refractivity contribution in [1.29, 1.82) is 0 Å². The van der Waals surface area contributed by atoms with Crippen molar-refractivity contribution in [2.75, 3.05) is 13.2 Å². The van der Waals surface area contributed by atoms with Crippen molar-refractivity contribution in [2.45, 2.75) is 24.4 Å². The van der Waals surface area contributed by atoms with Gasteiger partial charge in [-0.15, -0.1) is 0 Å². The first-order chi connectivity index (χ1) is 10.1. The normalized spacial score (nSPS) is 29.6. The molecule has 21 heavy (non-hydrogen) atoms. The zero-order chi connectivity index (χ0) is 15.2. The molecule has 1 aliphatic rings. The maximum Gasteiger partial charge on any atom is 0.111 e. The second-order valence-electron chi connectivity index (χ2n) is 5.07. The highest BCUT2D eigenvalue weighted by Crippen LogP contribution is 2.19. The van der Waals surface area contributed by atoms with Crippen LogP contribution in [0.4, 0.5) is 0 Å². The van der Waals surface area contributed by atoms with Crippen LogP contribution in [0.3, 0.4) is 0 Å². The van der Waals surface area contributed by atoms with E-state index in [-0.39, 0.29) is 6.61 Å². The molecule has 0 saturated carbocycles. The molecular formula is C16H21NO4. The van der Waals surface area contributed by atoms with E-state index in [1.807, 2.05) is 42.5 Å². The Balaban J connectivity index is 1.93. The van der Waals surface area contributed by atoms with E-state index in [4.69, 9.17) is 5.11 Å². The van der Waals surface area contributed by atoms with Gasteiger partial charge in [-0.3, -0.25) is 0 Å². The topological polar surface area (TPSA) is 93.0 Å². The molecule has 0 bridgehead atoms. The Bertz CT molecular complexity index is 500. The maximum atomic E-state index is 9.91. The molecule has 1 aromatic carbocycles. The van der Waals surface area contributed by atoms with Gasteiger partial charge in [-0.25, -0.2) is 0 Å². The van der Waals surface area contributed by atoms with Crippen molar-refractivity contribution in [1.82, 2.24) is 5.32 Å². The van der Waals surface area contributed by atoms with E-state index in [2.05, 4.69) is 5.32 Å². The summed E-state index contributed by atoms with van der Waals surface area (Å²) >= 11 is 0. The number of rotatable bonds is 5. The molecule has 1 unspecified atom stereocenters. The Kier molecular flexibility index (Phi) is 5.67. The Morgan fingerprint density at radius 2 is 1.76 bits per heavy atom. The zero-order valence-corrected chi connectivity index (χ0v) is 11.6. The Labute approximate surface area is 123 Å². The molecule has 0 fully saturated rings. The van der Waals surface area contributed by atoms with Gasteiger partial charge in [0.1, 0.15) is 18.3 Å². The zero-order valence-electron chi connectivity index (χ0n) is 11.6. The second kappa shape index (κ2) is 7.49. The van der Waals surface area contributed by atoms with Gasteiger partial charge < -0.3 is 25.7 Å². The van der Waals surface area contributed by atoms with E-state index in [1.165, 1.54) is 0 Å². The minimum atomic E-state index is -1.30. The van der Waals surface area contributed by atoms with Gasteiger partial charge in [0.15, 0.2) is 0 Å². The van der Waals surface area contributed by atoms with Crippen molar-refractivity contribution in [2.24, 2.45) is 0 Å². The molecule has 2 rings (SSSR count). The first-order valence-electron chi connectivity index (χ1n) is 6.94. The van der Waals surface area contributed by atoms with Gasteiger partial charge in [-0.2, -0.15) is 0 Å². The molecule has 5 nitrogen and oxygen atoms in total. The van der Waals surface area contributed by atoms with Crippen LogP contribution >= 0.6 is 0 Å². The van der Waals surface area contributed by atoms with Crippen molar-refractivity contribution in [3.8, 4) is 0 Å². The summed E-state index contributed by atoms with van der Waals surface area (Å²) in [5.41, 5.74) is 1.39. The summed E-state index contributed by atoms with van der Waals surface area (Å²) < 4.78 is 0. The molecule has 4 atom stereocenters. The molecule has 5 heteroatoms. The van der Waals surface area contributed by atoms with E-state index in [0.29, 0.717) is 12.1 Å². The summed E-state index contributed by atoms with van der Waals surface area (Å²) in [6, 6.07) is 9.30. The molecule has 1 aromatic rings.